The van der Waals surface area contributed by atoms with E-state index in [0.717, 1.165) is 44.6 Å². The van der Waals surface area contributed by atoms with Gasteiger partial charge >= 0.3 is 0 Å². The quantitative estimate of drug-likeness (QED) is 0.680. The molecule has 0 amide bonds. The molecule has 1 aliphatic carbocycles. The minimum absolute atomic E-state index is 0.440. The standard InChI is InChI=1S/C17H28N6/c1-17(6-3-4-7-17)14-21-15(18-2)22-10-12-23(13-11-22)16-19-8-5-9-20-16/h5,8-9H,3-4,6-7,10-14H2,1-2H3,(H,18,21). The maximum Gasteiger partial charge on any atom is 0.225 e. The first-order chi connectivity index (χ1) is 11.2. The summed E-state index contributed by atoms with van der Waals surface area (Å²) in [4.78, 5) is 17.7. The van der Waals surface area contributed by atoms with E-state index >= 15 is 0 Å². The summed E-state index contributed by atoms with van der Waals surface area (Å²) in [5.74, 6) is 1.86. The molecule has 23 heavy (non-hydrogen) atoms. The Bertz CT molecular complexity index is 515. The predicted octanol–water partition coefficient (Wildman–Crippen LogP) is 1.75. The smallest absolute Gasteiger partial charge is 0.225 e. The second-order valence-corrected chi connectivity index (χ2v) is 6.94. The van der Waals surface area contributed by atoms with Gasteiger partial charge in [-0.3, -0.25) is 4.99 Å². The topological polar surface area (TPSA) is 56.7 Å². The van der Waals surface area contributed by atoms with Crippen LogP contribution in [-0.2, 0) is 0 Å². The van der Waals surface area contributed by atoms with Crippen LogP contribution < -0.4 is 10.2 Å². The van der Waals surface area contributed by atoms with Gasteiger partial charge in [-0.25, -0.2) is 9.97 Å². The highest BCUT2D eigenvalue weighted by molar-refractivity contribution is 5.80. The predicted molar refractivity (Wildman–Crippen MR) is 93.8 cm³/mol. The maximum absolute atomic E-state index is 4.48. The molecule has 1 aliphatic heterocycles. The van der Waals surface area contributed by atoms with Crippen molar-refractivity contribution in [2.45, 2.75) is 32.6 Å². The van der Waals surface area contributed by atoms with Gasteiger partial charge in [0.25, 0.3) is 0 Å². The number of guanidine groups is 1. The van der Waals surface area contributed by atoms with Crippen LogP contribution in [0.3, 0.4) is 0 Å². The maximum atomic E-state index is 4.48. The Labute approximate surface area is 139 Å². The third kappa shape index (κ3) is 3.92. The molecule has 1 saturated carbocycles. The van der Waals surface area contributed by atoms with E-state index in [4.69, 9.17) is 0 Å². The zero-order valence-corrected chi connectivity index (χ0v) is 14.3. The fourth-order valence-electron chi connectivity index (χ4n) is 3.60. The van der Waals surface area contributed by atoms with Gasteiger partial charge in [-0.15, -0.1) is 0 Å². The molecule has 2 heterocycles. The van der Waals surface area contributed by atoms with Gasteiger partial charge in [-0.1, -0.05) is 19.8 Å². The number of nitrogens with zero attached hydrogens (tertiary/aromatic N) is 5. The summed E-state index contributed by atoms with van der Waals surface area (Å²) in [7, 11) is 1.88. The Morgan fingerprint density at radius 2 is 1.83 bits per heavy atom. The minimum atomic E-state index is 0.440. The number of piperazine rings is 1. The number of hydrogen-bond acceptors (Lipinski definition) is 4. The lowest BCUT2D eigenvalue weighted by atomic mass is 9.89. The molecule has 0 radical (unpaired) electrons. The van der Waals surface area contributed by atoms with Crippen LogP contribution in [0.4, 0.5) is 5.95 Å². The van der Waals surface area contributed by atoms with Gasteiger partial charge in [-0.05, 0) is 24.3 Å². The normalized spacial score (nSPS) is 21.6. The third-order valence-corrected chi connectivity index (χ3v) is 5.11. The van der Waals surface area contributed by atoms with E-state index < -0.39 is 0 Å². The Kier molecular flexibility index (Phi) is 4.98. The fraction of sp³-hybridized carbons (Fsp3) is 0.706. The first kappa shape index (κ1) is 16.0. The first-order valence-corrected chi connectivity index (χ1v) is 8.68. The third-order valence-electron chi connectivity index (χ3n) is 5.11. The summed E-state index contributed by atoms with van der Waals surface area (Å²) in [6.07, 6.45) is 9.00. The summed E-state index contributed by atoms with van der Waals surface area (Å²) in [6.45, 7) is 7.19. The highest BCUT2D eigenvalue weighted by atomic mass is 15.4. The summed E-state index contributed by atoms with van der Waals surface area (Å²) < 4.78 is 0. The number of hydrogen-bond donors (Lipinski definition) is 1. The van der Waals surface area contributed by atoms with Crippen LogP contribution in [0.2, 0.25) is 0 Å². The molecule has 1 aromatic heterocycles. The summed E-state index contributed by atoms with van der Waals surface area (Å²) in [6, 6.07) is 1.86. The van der Waals surface area contributed by atoms with Gasteiger partial charge < -0.3 is 15.1 Å². The molecule has 1 aromatic rings. The van der Waals surface area contributed by atoms with E-state index in [1.165, 1.54) is 25.7 Å². The molecule has 2 fully saturated rings. The van der Waals surface area contributed by atoms with Crippen molar-refractivity contribution in [1.29, 1.82) is 0 Å². The second-order valence-electron chi connectivity index (χ2n) is 6.94. The summed E-state index contributed by atoms with van der Waals surface area (Å²) in [5.41, 5.74) is 0.440. The summed E-state index contributed by atoms with van der Waals surface area (Å²) >= 11 is 0. The van der Waals surface area contributed by atoms with Gasteiger partial charge in [0.05, 0.1) is 0 Å². The van der Waals surface area contributed by atoms with Crippen molar-refractivity contribution < 1.29 is 0 Å². The van der Waals surface area contributed by atoms with E-state index in [2.05, 4.69) is 37.0 Å². The lowest BCUT2D eigenvalue weighted by molar-refractivity contribution is 0.316. The fourth-order valence-corrected chi connectivity index (χ4v) is 3.60. The molecule has 126 valence electrons. The van der Waals surface area contributed by atoms with Crippen molar-refractivity contribution in [3.05, 3.63) is 18.5 Å². The number of anilines is 1. The molecule has 0 aromatic carbocycles. The van der Waals surface area contributed by atoms with E-state index in [0.29, 0.717) is 5.41 Å². The van der Waals surface area contributed by atoms with Crippen LogP contribution in [0.25, 0.3) is 0 Å². The van der Waals surface area contributed by atoms with E-state index in [9.17, 15) is 0 Å². The summed E-state index contributed by atoms with van der Waals surface area (Å²) in [5, 5.41) is 3.60. The Hall–Kier alpha value is -1.85. The number of rotatable bonds is 3. The van der Waals surface area contributed by atoms with Crippen molar-refractivity contribution in [2.75, 3.05) is 44.7 Å². The van der Waals surface area contributed by atoms with Gasteiger partial charge in [0.1, 0.15) is 0 Å². The molecule has 6 nitrogen and oxygen atoms in total. The highest BCUT2D eigenvalue weighted by Crippen LogP contribution is 2.36. The highest BCUT2D eigenvalue weighted by Gasteiger charge is 2.29. The van der Waals surface area contributed by atoms with Crippen molar-refractivity contribution in [1.82, 2.24) is 20.2 Å². The molecular formula is C17H28N6. The van der Waals surface area contributed by atoms with Crippen LogP contribution >= 0.6 is 0 Å². The first-order valence-electron chi connectivity index (χ1n) is 8.68. The lowest BCUT2D eigenvalue weighted by Gasteiger charge is -2.37. The Balaban J connectivity index is 1.51. The van der Waals surface area contributed by atoms with Crippen molar-refractivity contribution in [3.8, 4) is 0 Å². The van der Waals surface area contributed by atoms with Gasteiger partial charge in [0, 0.05) is 52.2 Å². The molecule has 1 N–H and O–H groups in total. The molecule has 1 saturated heterocycles. The average Bonchev–Trinajstić information content (AvgIpc) is 3.04. The van der Waals surface area contributed by atoms with Crippen LogP contribution in [0, 0.1) is 5.41 Å². The van der Waals surface area contributed by atoms with E-state index in [-0.39, 0.29) is 0 Å². The molecule has 0 atom stereocenters. The zero-order valence-electron chi connectivity index (χ0n) is 14.3. The SMILES string of the molecule is CN=C(NCC1(C)CCCC1)N1CCN(c2ncccn2)CC1. The van der Waals surface area contributed by atoms with Gasteiger partial charge in [-0.2, -0.15) is 0 Å². The van der Waals surface area contributed by atoms with Crippen molar-refractivity contribution in [3.63, 3.8) is 0 Å². The molecular weight excluding hydrogens is 288 g/mol. The molecule has 0 bridgehead atoms. The zero-order chi connectivity index (χ0) is 16.1. The van der Waals surface area contributed by atoms with Crippen molar-refractivity contribution in [2.24, 2.45) is 10.4 Å². The lowest BCUT2D eigenvalue weighted by Crippen LogP contribution is -2.53. The Morgan fingerprint density at radius 1 is 1.17 bits per heavy atom. The van der Waals surface area contributed by atoms with Crippen molar-refractivity contribution >= 4 is 11.9 Å². The van der Waals surface area contributed by atoms with Crippen LogP contribution in [-0.4, -0.2) is 60.6 Å². The van der Waals surface area contributed by atoms with Crippen LogP contribution in [0.5, 0.6) is 0 Å². The Morgan fingerprint density at radius 3 is 2.43 bits per heavy atom. The van der Waals surface area contributed by atoms with Crippen LogP contribution in [0.15, 0.2) is 23.5 Å². The van der Waals surface area contributed by atoms with E-state index in [1.807, 2.05) is 13.1 Å². The average molecular weight is 316 g/mol. The van der Waals surface area contributed by atoms with Crippen LogP contribution in [0.1, 0.15) is 32.6 Å². The molecule has 2 aliphatic rings. The molecule has 0 spiro atoms. The minimum Gasteiger partial charge on any atom is -0.356 e. The van der Waals surface area contributed by atoms with E-state index in [1.54, 1.807) is 12.4 Å². The molecule has 3 rings (SSSR count). The van der Waals surface area contributed by atoms with Gasteiger partial charge in [0.2, 0.25) is 5.95 Å². The number of aromatic nitrogens is 2. The largest absolute Gasteiger partial charge is 0.356 e. The molecule has 6 heteroatoms. The number of nitrogens with one attached hydrogen (secondary N) is 1. The second kappa shape index (κ2) is 7.15. The number of aliphatic imine (C=N–C) groups is 1. The monoisotopic (exact) mass is 316 g/mol. The van der Waals surface area contributed by atoms with Gasteiger partial charge in [0.15, 0.2) is 5.96 Å². The molecule has 0 unspecified atom stereocenters.